The summed E-state index contributed by atoms with van der Waals surface area (Å²) in [6, 6.07) is 6.47. The highest BCUT2D eigenvalue weighted by Crippen LogP contribution is 2.25. The molecule has 0 spiro atoms. The Balaban J connectivity index is 1.63. The minimum absolute atomic E-state index is 0.0268. The van der Waals surface area contributed by atoms with E-state index in [0.29, 0.717) is 19.5 Å². The summed E-state index contributed by atoms with van der Waals surface area (Å²) in [7, 11) is 0. The molecule has 1 N–H and O–H groups in total. The maximum atomic E-state index is 13.2. The molecule has 7 heteroatoms. The van der Waals surface area contributed by atoms with Crippen LogP contribution < -0.4 is 5.32 Å². The van der Waals surface area contributed by atoms with E-state index in [1.54, 1.807) is 12.1 Å². The van der Waals surface area contributed by atoms with Crippen LogP contribution in [0.1, 0.15) is 44.8 Å². The van der Waals surface area contributed by atoms with Crippen molar-refractivity contribution in [1.29, 1.82) is 0 Å². The van der Waals surface area contributed by atoms with E-state index in [1.807, 2.05) is 18.7 Å². The molecule has 1 aromatic carbocycles. The highest BCUT2D eigenvalue weighted by atomic mass is 19.1. The molecule has 2 saturated heterocycles. The van der Waals surface area contributed by atoms with Gasteiger partial charge in [-0.05, 0) is 44.4 Å². The van der Waals surface area contributed by atoms with Gasteiger partial charge in [0.1, 0.15) is 11.9 Å². The lowest BCUT2D eigenvalue weighted by atomic mass is 10.1. The molecule has 2 atom stereocenters. The Labute approximate surface area is 166 Å². The second-order valence-electron chi connectivity index (χ2n) is 7.47. The number of morpholine rings is 1. The number of hydrogen-bond donors (Lipinski definition) is 1. The first-order valence-corrected chi connectivity index (χ1v) is 10.3. The number of hydrogen-bond acceptors (Lipinski definition) is 3. The number of nitrogens with zero attached hydrogens (tertiary/aromatic N) is 3. The predicted molar refractivity (Wildman–Crippen MR) is 108 cm³/mol. The van der Waals surface area contributed by atoms with Crippen molar-refractivity contribution in [1.82, 2.24) is 15.1 Å². The third kappa shape index (κ3) is 5.44. The quantitative estimate of drug-likeness (QED) is 0.620. The van der Waals surface area contributed by atoms with Crippen LogP contribution in [0.3, 0.4) is 0 Å². The Hall–Kier alpha value is -2.15. The fourth-order valence-electron chi connectivity index (χ4n) is 3.79. The van der Waals surface area contributed by atoms with Crippen molar-refractivity contribution in [2.75, 3.05) is 39.3 Å². The van der Waals surface area contributed by atoms with E-state index < -0.39 is 0 Å². The maximum absolute atomic E-state index is 13.2. The number of aliphatic imine (C=N–C) groups is 1. The number of carbonyl (C=O) groups excluding carboxylic acids is 1. The van der Waals surface area contributed by atoms with Gasteiger partial charge in [0.05, 0.1) is 19.2 Å². The molecule has 28 heavy (non-hydrogen) atoms. The minimum atomic E-state index is -0.248. The van der Waals surface area contributed by atoms with Crippen molar-refractivity contribution in [3.05, 3.63) is 35.6 Å². The smallest absolute Gasteiger partial charge is 0.224 e. The topological polar surface area (TPSA) is 57.2 Å². The first kappa shape index (κ1) is 20.6. The third-order valence-corrected chi connectivity index (χ3v) is 5.18. The molecule has 2 aliphatic rings. The SMILES string of the molecule is CCNC(=NCCC(=O)N1CCCC1)N1CC(C)OC(c2ccc(F)cc2)C1. The van der Waals surface area contributed by atoms with E-state index in [1.165, 1.54) is 12.1 Å². The number of benzene rings is 1. The Morgan fingerprint density at radius 3 is 2.61 bits per heavy atom. The second kappa shape index (κ2) is 9.87. The van der Waals surface area contributed by atoms with E-state index in [4.69, 9.17) is 9.73 Å². The van der Waals surface area contributed by atoms with Crippen LogP contribution in [0.5, 0.6) is 0 Å². The van der Waals surface area contributed by atoms with E-state index in [-0.39, 0.29) is 23.9 Å². The zero-order chi connectivity index (χ0) is 19.9. The van der Waals surface area contributed by atoms with Crippen LogP contribution in [0.25, 0.3) is 0 Å². The van der Waals surface area contributed by atoms with E-state index in [9.17, 15) is 9.18 Å². The molecule has 2 unspecified atom stereocenters. The van der Waals surface area contributed by atoms with Crippen molar-refractivity contribution in [3.8, 4) is 0 Å². The van der Waals surface area contributed by atoms with Gasteiger partial charge in [-0.15, -0.1) is 0 Å². The highest BCUT2D eigenvalue weighted by molar-refractivity contribution is 5.81. The molecular formula is C21H31FN4O2. The van der Waals surface area contributed by atoms with Gasteiger partial charge in [-0.1, -0.05) is 12.1 Å². The summed E-state index contributed by atoms with van der Waals surface area (Å²) < 4.78 is 19.3. The molecular weight excluding hydrogens is 359 g/mol. The molecule has 0 radical (unpaired) electrons. The predicted octanol–water partition coefficient (Wildman–Crippen LogP) is 2.57. The number of amides is 1. The number of nitrogens with one attached hydrogen (secondary N) is 1. The normalized spacial score (nSPS) is 23.2. The van der Waals surface area contributed by atoms with E-state index in [0.717, 1.165) is 50.5 Å². The van der Waals surface area contributed by atoms with Gasteiger partial charge in [-0.3, -0.25) is 9.79 Å². The molecule has 3 rings (SSSR count). The van der Waals surface area contributed by atoms with Crippen molar-refractivity contribution in [3.63, 3.8) is 0 Å². The van der Waals surface area contributed by atoms with Crippen LogP contribution in [0, 0.1) is 5.82 Å². The van der Waals surface area contributed by atoms with Crippen LogP contribution in [0.15, 0.2) is 29.3 Å². The van der Waals surface area contributed by atoms with Crippen LogP contribution in [0.4, 0.5) is 4.39 Å². The Morgan fingerprint density at radius 1 is 1.21 bits per heavy atom. The molecule has 2 fully saturated rings. The summed E-state index contributed by atoms with van der Waals surface area (Å²) in [6.45, 7) is 8.42. The molecule has 1 aromatic rings. The minimum Gasteiger partial charge on any atom is -0.367 e. The zero-order valence-corrected chi connectivity index (χ0v) is 16.9. The number of rotatable bonds is 5. The molecule has 0 aliphatic carbocycles. The number of ether oxygens (including phenoxy) is 1. The second-order valence-corrected chi connectivity index (χ2v) is 7.47. The van der Waals surface area contributed by atoms with Crippen LogP contribution >= 0.6 is 0 Å². The monoisotopic (exact) mass is 390 g/mol. The summed E-state index contributed by atoms with van der Waals surface area (Å²) in [5, 5.41) is 3.33. The van der Waals surface area contributed by atoms with Crippen molar-refractivity contribution in [2.24, 2.45) is 4.99 Å². The lowest BCUT2D eigenvalue weighted by Crippen LogP contribution is -2.50. The molecule has 2 heterocycles. The standard InChI is InChI=1S/C21H31FN4O2/c1-3-23-21(24-11-10-20(27)25-12-4-5-13-25)26-14-16(2)28-19(15-26)17-6-8-18(22)9-7-17/h6-9,16,19H,3-5,10-15H2,1-2H3,(H,23,24). The van der Waals surface area contributed by atoms with E-state index in [2.05, 4.69) is 10.2 Å². The van der Waals surface area contributed by atoms with Crippen molar-refractivity contribution >= 4 is 11.9 Å². The van der Waals surface area contributed by atoms with Gasteiger partial charge in [0, 0.05) is 32.6 Å². The molecule has 0 aromatic heterocycles. The molecule has 2 aliphatic heterocycles. The lowest BCUT2D eigenvalue weighted by molar-refractivity contribution is -0.129. The fourth-order valence-corrected chi connectivity index (χ4v) is 3.79. The molecule has 0 bridgehead atoms. The van der Waals surface area contributed by atoms with Gasteiger partial charge >= 0.3 is 0 Å². The first-order chi connectivity index (χ1) is 13.6. The highest BCUT2D eigenvalue weighted by Gasteiger charge is 2.28. The summed E-state index contributed by atoms with van der Waals surface area (Å²) in [4.78, 5) is 21.1. The summed E-state index contributed by atoms with van der Waals surface area (Å²) in [5.41, 5.74) is 0.956. The van der Waals surface area contributed by atoms with Gasteiger partial charge in [0.25, 0.3) is 0 Å². The third-order valence-electron chi connectivity index (χ3n) is 5.18. The number of guanidine groups is 1. The largest absolute Gasteiger partial charge is 0.367 e. The van der Waals surface area contributed by atoms with Crippen LogP contribution in [0.2, 0.25) is 0 Å². The van der Waals surface area contributed by atoms with Gasteiger partial charge in [-0.2, -0.15) is 0 Å². The Morgan fingerprint density at radius 2 is 1.93 bits per heavy atom. The maximum Gasteiger partial charge on any atom is 0.224 e. The summed E-state index contributed by atoms with van der Waals surface area (Å²) in [5.74, 6) is 0.748. The molecule has 154 valence electrons. The van der Waals surface area contributed by atoms with Crippen molar-refractivity contribution in [2.45, 2.75) is 45.3 Å². The number of likely N-dealkylation sites (tertiary alicyclic amines) is 1. The Kier molecular flexibility index (Phi) is 7.25. The van der Waals surface area contributed by atoms with Crippen LogP contribution in [-0.2, 0) is 9.53 Å². The summed E-state index contributed by atoms with van der Waals surface area (Å²) in [6.07, 6.45) is 2.54. The van der Waals surface area contributed by atoms with Crippen LogP contribution in [-0.4, -0.2) is 67.0 Å². The zero-order valence-electron chi connectivity index (χ0n) is 16.9. The van der Waals surface area contributed by atoms with Gasteiger partial charge in [-0.25, -0.2) is 4.39 Å². The lowest BCUT2D eigenvalue weighted by Gasteiger charge is -2.38. The van der Waals surface area contributed by atoms with Crippen molar-refractivity contribution < 1.29 is 13.9 Å². The first-order valence-electron chi connectivity index (χ1n) is 10.3. The number of carbonyl (C=O) groups is 1. The van der Waals surface area contributed by atoms with E-state index >= 15 is 0 Å². The Bertz CT molecular complexity index is 673. The summed E-state index contributed by atoms with van der Waals surface area (Å²) >= 11 is 0. The van der Waals surface area contributed by atoms with Gasteiger partial charge < -0.3 is 19.9 Å². The van der Waals surface area contributed by atoms with Gasteiger partial charge in [0.15, 0.2) is 5.96 Å². The molecule has 6 nitrogen and oxygen atoms in total. The number of halogens is 1. The molecule has 0 saturated carbocycles. The average Bonchev–Trinajstić information content (AvgIpc) is 3.22. The molecule has 1 amide bonds. The van der Waals surface area contributed by atoms with Gasteiger partial charge in [0.2, 0.25) is 5.91 Å². The average molecular weight is 391 g/mol. The fraction of sp³-hybridized carbons (Fsp3) is 0.619.